The molecule has 334 valence electrons. The van der Waals surface area contributed by atoms with Crippen molar-refractivity contribution in [1.82, 2.24) is 29.9 Å². The number of benzene rings is 3. The molecule has 5 amide bonds. The third-order valence-corrected chi connectivity index (χ3v) is 15.5. The van der Waals surface area contributed by atoms with Crippen molar-refractivity contribution >= 4 is 46.1 Å². The van der Waals surface area contributed by atoms with E-state index in [9.17, 15) is 32.8 Å². The van der Waals surface area contributed by atoms with Crippen LogP contribution < -0.4 is 10.2 Å². The summed E-state index contributed by atoms with van der Waals surface area (Å²) in [7, 11) is 0. The van der Waals surface area contributed by atoms with Gasteiger partial charge in [-0.2, -0.15) is 0 Å². The molecule has 11 rings (SSSR count). The third kappa shape index (κ3) is 6.81. The fraction of sp³-hybridized carbons (Fsp3) is 0.479. The number of para-hydroxylation sites is 1. The second-order valence-electron chi connectivity index (χ2n) is 19.1. The molecule has 12 nitrogen and oxygen atoms in total. The van der Waals surface area contributed by atoms with Crippen molar-refractivity contribution in [3.8, 4) is 0 Å². The van der Waals surface area contributed by atoms with Crippen molar-refractivity contribution in [1.29, 1.82) is 0 Å². The summed E-state index contributed by atoms with van der Waals surface area (Å²) < 4.78 is 60.0. The molecular formula is C48H49F4N7O5. The zero-order chi connectivity index (χ0) is 44.2. The molecule has 64 heavy (non-hydrogen) atoms. The normalized spacial score (nSPS) is 24.2. The number of fused-ring (bicyclic) bond motifs is 5. The van der Waals surface area contributed by atoms with Crippen LogP contribution in [-0.2, 0) is 33.9 Å². The van der Waals surface area contributed by atoms with E-state index in [1.54, 1.807) is 12.1 Å². The largest absolute Gasteiger partial charge is 0.371 e. The van der Waals surface area contributed by atoms with Crippen molar-refractivity contribution in [3.05, 3.63) is 99.2 Å². The van der Waals surface area contributed by atoms with Crippen molar-refractivity contribution in [2.45, 2.75) is 95.4 Å². The maximum absolute atomic E-state index is 16.2. The number of hydrogen-bond acceptors (Lipinski definition) is 8. The quantitative estimate of drug-likeness (QED) is 0.170. The molecule has 1 saturated carbocycles. The van der Waals surface area contributed by atoms with Crippen molar-refractivity contribution in [2.24, 2.45) is 11.3 Å². The van der Waals surface area contributed by atoms with E-state index in [0.717, 1.165) is 71.0 Å². The predicted octanol–water partition coefficient (Wildman–Crippen LogP) is 6.06. The number of aromatic nitrogens is 1. The van der Waals surface area contributed by atoms with Crippen molar-refractivity contribution < 1.29 is 41.5 Å². The van der Waals surface area contributed by atoms with Gasteiger partial charge >= 0.3 is 0 Å². The lowest BCUT2D eigenvalue weighted by molar-refractivity contribution is -0.146. The minimum Gasteiger partial charge on any atom is -0.371 e. The number of rotatable bonds is 7. The van der Waals surface area contributed by atoms with Crippen LogP contribution >= 0.6 is 0 Å². The molecule has 2 N–H and O–H groups in total. The second kappa shape index (κ2) is 15.5. The van der Waals surface area contributed by atoms with E-state index in [4.69, 9.17) is 0 Å². The molecule has 7 aliphatic rings. The van der Waals surface area contributed by atoms with Gasteiger partial charge in [0.05, 0.1) is 23.7 Å². The summed E-state index contributed by atoms with van der Waals surface area (Å²) in [5.74, 6) is -3.43. The first-order chi connectivity index (χ1) is 30.8. The fourth-order valence-electron chi connectivity index (χ4n) is 12.2. The zero-order valence-electron chi connectivity index (χ0n) is 35.3. The molecule has 0 bridgehead atoms. The molecule has 0 radical (unpaired) electrons. The second-order valence-corrected chi connectivity index (χ2v) is 19.1. The Balaban J connectivity index is 0.682. The molecule has 3 saturated heterocycles. The van der Waals surface area contributed by atoms with E-state index in [1.165, 1.54) is 17.0 Å². The Morgan fingerprint density at radius 2 is 1.47 bits per heavy atom. The lowest BCUT2D eigenvalue weighted by atomic mass is 9.57. The lowest BCUT2D eigenvalue weighted by Crippen LogP contribution is -2.54. The summed E-state index contributed by atoms with van der Waals surface area (Å²) in [6.07, 6.45) is 2.83. The van der Waals surface area contributed by atoms with Gasteiger partial charge in [-0.05, 0) is 104 Å². The van der Waals surface area contributed by atoms with Gasteiger partial charge < -0.3 is 14.8 Å². The van der Waals surface area contributed by atoms with E-state index >= 15 is 8.78 Å². The molecule has 16 heteroatoms. The highest BCUT2D eigenvalue weighted by Crippen LogP contribution is 2.54. The number of carbonyl (C=O) groups is 5. The minimum atomic E-state index is -2.66. The number of aromatic amines is 1. The Kier molecular flexibility index (Phi) is 9.98. The van der Waals surface area contributed by atoms with Gasteiger partial charge in [0.1, 0.15) is 17.7 Å². The number of imide groups is 2. The Hall–Kier alpha value is -5.61. The summed E-state index contributed by atoms with van der Waals surface area (Å²) in [4.78, 5) is 76.7. The van der Waals surface area contributed by atoms with Gasteiger partial charge in [0.25, 0.3) is 18.2 Å². The average molecular weight is 880 g/mol. The Morgan fingerprint density at radius 3 is 2.11 bits per heavy atom. The molecular weight excluding hydrogens is 831 g/mol. The minimum absolute atomic E-state index is 0.0132. The lowest BCUT2D eigenvalue weighted by Gasteiger charge is -2.53. The van der Waals surface area contributed by atoms with Gasteiger partial charge in [0, 0.05) is 92.0 Å². The van der Waals surface area contributed by atoms with Crippen LogP contribution in [0.15, 0.2) is 48.5 Å². The van der Waals surface area contributed by atoms with Crippen molar-refractivity contribution in [3.63, 3.8) is 0 Å². The molecule has 1 spiro atoms. The number of H-pyrrole nitrogens is 1. The third-order valence-electron chi connectivity index (χ3n) is 15.5. The zero-order valence-corrected chi connectivity index (χ0v) is 35.3. The van der Waals surface area contributed by atoms with Crippen LogP contribution in [0.3, 0.4) is 0 Å². The standard InChI is InChI=1S/C48H49F4N7O5/c49-35-19-30(20-36(50)41(35)43-42-32(9-14-57(43)25-39(51)52)31-3-1-2-4-37(31)53-42)55-15-10-48(11-16-55)21-28(22-48)45(62)56-12-7-29(8-13-56)58-23-26-17-33-34(18-27(26)24-58)47(64)59(46(33)63)38-5-6-40(60)54-44(38)61/h1-4,17-20,28-29,38-39,43,53H,5-16,21-25H2,(H,54,60,61)/t38?,43-/m1/s1. The molecule has 2 atom stereocenters. The number of nitrogens with one attached hydrogen (secondary N) is 2. The number of hydrogen-bond donors (Lipinski definition) is 2. The number of anilines is 1. The summed E-state index contributed by atoms with van der Waals surface area (Å²) in [6.45, 7) is 3.40. The number of piperidine rings is 3. The van der Waals surface area contributed by atoms with Crippen LogP contribution in [0.2, 0.25) is 0 Å². The van der Waals surface area contributed by atoms with E-state index < -0.39 is 60.3 Å². The Labute approximate surface area is 366 Å². The number of alkyl halides is 2. The molecule has 3 aromatic carbocycles. The molecule has 4 fully saturated rings. The van der Waals surface area contributed by atoms with Crippen molar-refractivity contribution in [2.75, 3.05) is 44.2 Å². The highest BCUT2D eigenvalue weighted by molar-refractivity contribution is 6.23. The monoisotopic (exact) mass is 879 g/mol. The number of carbonyl (C=O) groups excluding carboxylic acids is 5. The van der Waals surface area contributed by atoms with Crippen LogP contribution in [0, 0.1) is 23.0 Å². The first kappa shape index (κ1) is 41.1. The fourth-order valence-corrected chi connectivity index (χ4v) is 12.2. The number of halogens is 4. The van der Waals surface area contributed by atoms with Crippen LogP contribution in [0.25, 0.3) is 10.9 Å². The maximum atomic E-state index is 16.2. The van der Waals surface area contributed by atoms with E-state index in [1.807, 2.05) is 34.1 Å². The highest BCUT2D eigenvalue weighted by atomic mass is 19.3. The summed E-state index contributed by atoms with van der Waals surface area (Å²) >= 11 is 0. The summed E-state index contributed by atoms with van der Waals surface area (Å²) in [5.41, 5.74) is 5.02. The first-order valence-corrected chi connectivity index (χ1v) is 22.6. The molecule has 1 aromatic heterocycles. The van der Waals surface area contributed by atoms with Crippen LogP contribution in [0.1, 0.15) is 106 Å². The number of nitrogens with zero attached hydrogens (tertiary/aromatic N) is 5. The smallest absolute Gasteiger partial charge is 0.262 e. The maximum Gasteiger partial charge on any atom is 0.262 e. The molecule has 1 aliphatic carbocycles. The Bertz CT molecular complexity index is 2560. The van der Waals surface area contributed by atoms with Gasteiger partial charge in [-0.25, -0.2) is 17.6 Å². The van der Waals surface area contributed by atoms with E-state index in [-0.39, 0.29) is 48.2 Å². The number of amides is 5. The summed E-state index contributed by atoms with van der Waals surface area (Å²) in [5, 5.41) is 3.17. The van der Waals surface area contributed by atoms with Gasteiger partial charge in [-0.15, -0.1) is 0 Å². The molecule has 1 unspecified atom stereocenters. The van der Waals surface area contributed by atoms with Gasteiger partial charge in [-0.3, -0.25) is 44.0 Å². The molecule has 6 aliphatic heterocycles. The van der Waals surface area contributed by atoms with E-state index in [0.29, 0.717) is 68.2 Å². The van der Waals surface area contributed by atoms with Gasteiger partial charge in [0.2, 0.25) is 17.7 Å². The number of likely N-dealkylation sites (tertiary alicyclic amines) is 1. The predicted molar refractivity (Wildman–Crippen MR) is 226 cm³/mol. The van der Waals surface area contributed by atoms with Crippen LogP contribution in [0.4, 0.5) is 23.2 Å². The first-order valence-electron chi connectivity index (χ1n) is 22.6. The summed E-state index contributed by atoms with van der Waals surface area (Å²) in [6, 6.07) is 12.1. The van der Waals surface area contributed by atoms with Crippen LogP contribution in [-0.4, -0.2) is 112 Å². The molecule has 7 heterocycles. The SMILES string of the molecule is O=C1CCC(N2C(=O)c3cc4c(cc3C2=O)CN(C2CCN(C(=O)C3CC5(CCN(c6cc(F)c([C@@H]7c8[nH]c9ccccc9c8CCN7CC(F)F)c(F)c6)CC5)C3)CC2)C4)C(=O)N1. The Morgan fingerprint density at radius 1 is 0.812 bits per heavy atom. The van der Waals surface area contributed by atoms with Gasteiger partial charge in [-0.1, -0.05) is 18.2 Å². The molecule has 4 aromatic rings. The highest BCUT2D eigenvalue weighted by Gasteiger charge is 2.50. The van der Waals surface area contributed by atoms with Gasteiger partial charge in [0.15, 0.2) is 0 Å². The topological polar surface area (TPSA) is 129 Å². The van der Waals surface area contributed by atoms with E-state index in [2.05, 4.69) is 15.2 Å². The van der Waals surface area contributed by atoms with Crippen LogP contribution in [0.5, 0.6) is 0 Å². The average Bonchev–Trinajstić information content (AvgIpc) is 3.93.